The maximum absolute atomic E-state index is 16.1. The number of nitrogens with zero attached hydrogens (tertiary/aromatic N) is 9. The highest BCUT2D eigenvalue weighted by Crippen LogP contribution is 2.66. The lowest BCUT2D eigenvalue weighted by molar-refractivity contribution is -0.0183. The predicted octanol–water partition coefficient (Wildman–Crippen LogP) is 21.6. The van der Waals surface area contributed by atoms with Crippen LogP contribution < -0.4 is 45.5 Å². The summed E-state index contributed by atoms with van der Waals surface area (Å²) < 4.78 is 193. The van der Waals surface area contributed by atoms with Crippen molar-refractivity contribution < 1.29 is 111 Å². The van der Waals surface area contributed by atoms with E-state index in [-0.39, 0.29) is 67.3 Å². The van der Waals surface area contributed by atoms with E-state index in [4.69, 9.17) is 28.4 Å². The Balaban J connectivity index is 0.000000116. The van der Waals surface area contributed by atoms with Gasteiger partial charge in [0.25, 0.3) is 35.5 Å². The monoisotopic (exact) mass is 2100 g/mol. The summed E-state index contributed by atoms with van der Waals surface area (Å²) >= 11 is 4.10. The lowest BCUT2D eigenvalue weighted by Crippen LogP contribution is -2.66. The van der Waals surface area contributed by atoms with Crippen LogP contribution in [0.3, 0.4) is 0 Å². The molecule has 6 fully saturated rings. The lowest BCUT2D eigenvalue weighted by Gasteiger charge is -2.58. The molecule has 149 heavy (non-hydrogen) atoms. The van der Waals surface area contributed by atoms with Crippen molar-refractivity contribution in [3.63, 3.8) is 0 Å². The molecule has 6 aromatic heterocycles. The number of thiophene rings is 3. The van der Waals surface area contributed by atoms with Gasteiger partial charge >= 0.3 is 18.5 Å². The first-order valence-corrected chi connectivity index (χ1v) is 52.3. The normalized spacial score (nSPS) is 21.9. The van der Waals surface area contributed by atoms with Crippen molar-refractivity contribution in [1.29, 1.82) is 0 Å². The summed E-state index contributed by atoms with van der Waals surface area (Å²) in [5, 5.41) is 11.2. The number of carbonyl (C=O) groups is 6. The number of rotatable bonds is 12. The zero-order valence-electron chi connectivity index (χ0n) is 80.4. The minimum Gasteiger partial charge on any atom is -0.451 e. The number of piperidine rings is 3. The first-order chi connectivity index (χ1) is 71.9. The van der Waals surface area contributed by atoms with Crippen molar-refractivity contribution >= 4 is 70.2 Å². The van der Waals surface area contributed by atoms with E-state index in [9.17, 15) is 43.2 Å². The lowest BCUT2D eigenvalue weighted by atomic mass is 9.62. The molecule has 0 N–H and O–H groups in total. The van der Waals surface area contributed by atoms with Crippen molar-refractivity contribution in [3.05, 3.63) is 294 Å². The highest BCUT2D eigenvalue weighted by Gasteiger charge is 2.61. The predicted molar refractivity (Wildman–Crippen MR) is 528 cm³/mol. The van der Waals surface area contributed by atoms with Crippen LogP contribution in [-0.2, 0) is 65.5 Å². The molecular formula is C110H94F9N9O18S3. The number of hydrogen-bond acceptors (Lipinski definition) is 24. The summed E-state index contributed by atoms with van der Waals surface area (Å²) in [5.41, 5.74) is 6.14. The Kier molecular flexibility index (Phi) is 22.7. The number of alkyl halides is 6. The first-order valence-electron chi connectivity index (χ1n) is 49.7. The number of halogens is 9. The molecule has 0 radical (unpaired) electrons. The van der Waals surface area contributed by atoms with E-state index in [0.717, 1.165) is 177 Å². The van der Waals surface area contributed by atoms with Gasteiger partial charge in [0.05, 0.1) is 56.1 Å². The molecule has 6 aliphatic heterocycles. The van der Waals surface area contributed by atoms with Gasteiger partial charge in [-0.1, -0.05) is 123 Å². The number of pyridine rings is 3. The smallest absolute Gasteiger partial charge is 0.451 e. The number of benzene rings is 6. The van der Waals surface area contributed by atoms with Crippen LogP contribution in [-0.4, -0.2) is 145 Å². The Bertz CT molecular complexity index is 7600. The number of amides is 3. The second kappa shape index (κ2) is 35.4. The van der Waals surface area contributed by atoms with Crippen molar-refractivity contribution in [1.82, 2.24) is 28.7 Å². The molecule has 6 aromatic carbocycles. The maximum Gasteiger partial charge on any atom is 0.510 e. The summed E-state index contributed by atoms with van der Waals surface area (Å²) in [7, 11) is 3.39. The summed E-state index contributed by atoms with van der Waals surface area (Å²) in [6.45, 7) is -0.830. The molecule has 3 saturated heterocycles. The zero-order valence-corrected chi connectivity index (χ0v) is 82.9. The van der Waals surface area contributed by atoms with E-state index in [0.29, 0.717) is 89.0 Å². The molecule has 2 unspecified atom stereocenters. The highest BCUT2D eigenvalue weighted by molar-refractivity contribution is 7.15. The largest absolute Gasteiger partial charge is 0.510 e. The third kappa shape index (κ3) is 14.8. The van der Waals surface area contributed by atoms with Crippen LogP contribution in [0.25, 0.3) is 64.7 Å². The van der Waals surface area contributed by atoms with E-state index in [1.54, 1.807) is 63.1 Å². The molecule has 9 aliphatic carbocycles. The van der Waals surface area contributed by atoms with Gasteiger partial charge in [-0.15, -0.1) is 34.0 Å². The summed E-state index contributed by atoms with van der Waals surface area (Å²) in [6, 6.07) is 32.6. The van der Waals surface area contributed by atoms with Gasteiger partial charge in [-0.25, -0.2) is 53.9 Å². The number of fused-ring (bicyclic) bond motifs is 12. The van der Waals surface area contributed by atoms with Gasteiger partial charge < -0.3 is 57.3 Å². The number of ether oxygens (including phenoxy) is 9. The molecule has 15 aliphatic rings. The zero-order chi connectivity index (χ0) is 103. The SMILES string of the molecule is COC(=O)OCOc1c2n(ccc1=O)N(C1c3ccccc3-c3scc4c3-c3c1ccc(F)c3C(F)(F)C4)C1CC3(CCC3)CCN1C2=O.COC(=O)OCOc1c2n(ccc1=O)N([C@@H]1c3ccccc3-c3scc4c3-c3c1ccc(F)c3C(F)(F)C4)[C@@H]1CC3(CCC3)CCN1C2=O.COC(=O)OCOc1c2n(ccc1=O)N([C@@H]1c3ccccc3-c3scc4c3-c3c1ccc(F)c3C(F)(F)C4)[C@@H]1CC3(CCCCC3)CCN1C2=O. The number of carbonyl (C=O) groups excluding carboxylic acids is 6. The van der Waals surface area contributed by atoms with Crippen molar-refractivity contribution in [2.75, 3.05) is 76.4 Å². The van der Waals surface area contributed by atoms with Crippen LogP contribution in [0.15, 0.2) is 177 Å². The summed E-state index contributed by atoms with van der Waals surface area (Å²) in [5.74, 6) is -15.5. The van der Waals surface area contributed by atoms with E-state index in [2.05, 4.69) is 14.2 Å². The number of methoxy groups -OCH3 is 3. The Morgan fingerprint density at radius 2 is 0.624 bits per heavy atom. The van der Waals surface area contributed by atoms with Gasteiger partial charge in [0.15, 0.2) is 17.1 Å². The molecule has 39 heteroatoms. The molecule has 3 amide bonds. The number of hydrogen-bond donors (Lipinski definition) is 0. The van der Waals surface area contributed by atoms with Gasteiger partial charge in [-0.2, -0.15) is 0 Å². The Morgan fingerprint density at radius 1 is 0.342 bits per heavy atom. The van der Waals surface area contributed by atoms with Crippen molar-refractivity contribution in [3.8, 4) is 82.0 Å². The van der Waals surface area contributed by atoms with Gasteiger partial charge in [0, 0.05) is 124 Å². The second-order valence-electron chi connectivity index (χ2n) is 41.1. The molecule has 3 spiro atoms. The van der Waals surface area contributed by atoms with E-state index < -0.39 is 181 Å². The number of aromatic nitrogens is 3. The Hall–Kier alpha value is -14.3. The quantitative estimate of drug-likeness (QED) is 0.0476. The molecule has 27 nitrogen and oxygen atoms in total. The fourth-order valence-electron chi connectivity index (χ4n) is 26.7. The van der Waals surface area contributed by atoms with Crippen LogP contribution in [0.5, 0.6) is 17.2 Å². The molecule has 768 valence electrons. The molecule has 3 saturated carbocycles. The summed E-state index contributed by atoms with van der Waals surface area (Å²) in [4.78, 5) is 126. The molecule has 6 atom stereocenters. The van der Waals surface area contributed by atoms with Gasteiger partial charge in [0.2, 0.25) is 53.9 Å². The third-order valence-electron chi connectivity index (χ3n) is 33.5. The highest BCUT2D eigenvalue weighted by atomic mass is 32.1. The van der Waals surface area contributed by atoms with Crippen LogP contribution >= 0.6 is 34.0 Å². The minimum atomic E-state index is -3.45. The standard InChI is InChI=1S/C38H34F3N3O6S.2C36H30F3N3O6S/c1-48-36(47)50-20-49-33-26(45)11-15-43-32(33)35(46)42-16-14-37(12-5-2-6-13-37)18-27(42)44(43)31-22-7-3-4-8-23(22)34-28-21(19-51-34)17-38(40,41)30-25(39)10-9-24(31)29(28)30;2*1-46-34(45)48-18-47-31-24(43)9-13-41-30(31)33(44)40-14-12-35(10-4-11-35)16-25(40)42(41)29-20-5-2-3-6-21(20)32-26-19(17-49-32)15-36(38,39)28-23(37)8-7-22(29)27(26)28/h3-4,7-11,15,19,27,31H,2,5-6,12-14,16-18,20H2,1H3;2*2-3,5-9,13,17,25,29H,4,10-12,14-16,18H2,1H3/t27-,31-;25-,29-;/m11./s1. The molecule has 0 bridgehead atoms. The fourth-order valence-corrected chi connectivity index (χ4v) is 30.1. The maximum atomic E-state index is 16.1. The Labute approximate surface area is 856 Å². The van der Waals surface area contributed by atoms with Crippen molar-refractivity contribution in [2.45, 2.75) is 183 Å². The summed E-state index contributed by atoms with van der Waals surface area (Å²) in [6.07, 6.45) is 13.8. The van der Waals surface area contributed by atoms with Crippen LogP contribution in [0.1, 0.15) is 226 Å². The molecule has 12 heterocycles. The first kappa shape index (κ1) is 95.6. The van der Waals surface area contributed by atoms with Crippen LogP contribution in [0.2, 0.25) is 0 Å². The van der Waals surface area contributed by atoms with E-state index in [1.807, 2.05) is 87.8 Å². The minimum absolute atomic E-state index is 0.00911. The van der Waals surface area contributed by atoms with E-state index in [1.165, 1.54) is 70.8 Å². The van der Waals surface area contributed by atoms with Crippen LogP contribution in [0.4, 0.5) is 53.9 Å². The average molecular weight is 2100 g/mol. The van der Waals surface area contributed by atoms with Gasteiger partial charge in [-0.3, -0.25) is 57.8 Å². The topological polar surface area (TPSA) is 271 Å². The fraction of sp³-hybridized carbons (Fsp3) is 0.373. The van der Waals surface area contributed by atoms with Crippen LogP contribution in [0, 0.1) is 33.7 Å². The third-order valence-corrected chi connectivity index (χ3v) is 36.7. The Morgan fingerprint density at radius 3 is 0.899 bits per heavy atom. The average Bonchev–Trinajstić information content (AvgIpc) is 1.54. The molecule has 27 rings (SSSR count). The molecule has 12 aromatic rings. The van der Waals surface area contributed by atoms with Crippen molar-refractivity contribution in [2.24, 2.45) is 16.2 Å². The van der Waals surface area contributed by atoms with Gasteiger partial charge in [0.1, 0.15) is 35.9 Å². The van der Waals surface area contributed by atoms with E-state index >= 15 is 39.5 Å². The van der Waals surface area contributed by atoms with Gasteiger partial charge in [-0.05, 0) is 194 Å². The molecular weight excluding hydrogens is 2000 g/mol. The second-order valence-corrected chi connectivity index (χ2v) is 43.7.